The highest BCUT2D eigenvalue weighted by molar-refractivity contribution is 5.89. The Morgan fingerprint density at radius 3 is 2.63 bits per heavy atom. The summed E-state index contributed by atoms with van der Waals surface area (Å²) in [6.45, 7) is 5.70. The smallest absolute Gasteiger partial charge is 0.330 e. The number of carboxylic acid groups (broad SMARTS) is 1. The number of nitrogens with one attached hydrogen (secondary N) is 1. The molecule has 144 valence electrons. The zero-order valence-corrected chi connectivity index (χ0v) is 15.5. The fourth-order valence-electron chi connectivity index (χ4n) is 3.46. The molecule has 1 aromatic heterocycles. The first-order chi connectivity index (χ1) is 12.8. The van der Waals surface area contributed by atoms with Crippen LogP contribution in [0.3, 0.4) is 0 Å². The van der Waals surface area contributed by atoms with E-state index in [9.17, 15) is 14.7 Å². The number of ether oxygens (including phenoxy) is 1. The van der Waals surface area contributed by atoms with Gasteiger partial charge in [0, 0.05) is 24.0 Å². The SMILES string of the molecule is CCOC1CC(NC(=O)Cn2nnc(-c3ccccc3)n2)(C(=O)O)C1(C)C. The number of tetrazole rings is 1. The van der Waals surface area contributed by atoms with Crippen molar-refractivity contribution in [3.8, 4) is 11.4 Å². The van der Waals surface area contributed by atoms with E-state index in [0.717, 1.165) is 10.4 Å². The Kier molecular flexibility index (Phi) is 4.97. The number of hydrogen-bond acceptors (Lipinski definition) is 6. The second kappa shape index (κ2) is 7.07. The van der Waals surface area contributed by atoms with Crippen LogP contribution in [0, 0.1) is 5.41 Å². The summed E-state index contributed by atoms with van der Waals surface area (Å²) in [5.41, 5.74) is -1.34. The second-order valence-electron chi connectivity index (χ2n) is 7.14. The van der Waals surface area contributed by atoms with Gasteiger partial charge in [-0.15, -0.1) is 10.2 Å². The first kappa shape index (κ1) is 19.0. The minimum Gasteiger partial charge on any atom is -0.479 e. The summed E-state index contributed by atoms with van der Waals surface area (Å²) < 4.78 is 5.60. The normalized spacial score (nSPS) is 23.4. The molecule has 1 amide bonds. The van der Waals surface area contributed by atoms with Gasteiger partial charge in [0.1, 0.15) is 12.1 Å². The lowest BCUT2D eigenvalue weighted by Crippen LogP contribution is -2.76. The van der Waals surface area contributed by atoms with Gasteiger partial charge in [-0.2, -0.15) is 4.80 Å². The van der Waals surface area contributed by atoms with Gasteiger partial charge >= 0.3 is 5.97 Å². The third-order valence-corrected chi connectivity index (χ3v) is 5.25. The van der Waals surface area contributed by atoms with Crippen molar-refractivity contribution in [2.24, 2.45) is 5.41 Å². The molecule has 0 radical (unpaired) electrons. The average molecular weight is 373 g/mol. The maximum Gasteiger partial charge on any atom is 0.330 e. The van der Waals surface area contributed by atoms with Crippen LogP contribution in [0.25, 0.3) is 11.4 Å². The highest BCUT2D eigenvalue weighted by Gasteiger charge is 2.66. The largest absolute Gasteiger partial charge is 0.479 e. The van der Waals surface area contributed by atoms with E-state index in [1.165, 1.54) is 0 Å². The molecule has 1 fully saturated rings. The fourth-order valence-corrected chi connectivity index (χ4v) is 3.46. The first-order valence-electron chi connectivity index (χ1n) is 8.79. The molecular formula is C18H23N5O4. The van der Waals surface area contributed by atoms with Crippen LogP contribution < -0.4 is 5.32 Å². The van der Waals surface area contributed by atoms with Gasteiger partial charge in [0.25, 0.3) is 0 Å². The molecule has 2 N–H and O–H groups in total. The molecule has 0 saturated heterocycles. The van der Waals surface area contributed by atoms with E-state index in [4.69, 9.17) is 4.74 Å². The zero-order valence-electron chi connectivity index (χ0n) is 15.5. The minimum atomic E-state index is -1.38. The summed E-state index contributed by atoms with van der Waals surface area (Å²) in [5.74, 6) is -1.16. The molecule has 1 aromatic carbocycles. The number of carboxylic acids is 1. The molecule has 2 aromatic rings. The standard InChI is InChI=1S/C18H23N5O4/c1-4-27-13-10-18(16(25)26,17(13,2)3)19-14(24)11-23-21-15(20-22-23)12-8-6-5-7-9-12/h5-9,13H,4,10-11H2,1-3H3,(H,19,24)(H,25,26). The Morgan fingerprint density at radius 2 is 2.04 bits per heavy atom. The molecule has 1 aliphatic carbocycles. The maximum absolute atomic E-state index is 12.5. The van der Waals surface area contributed by atoms with E-state index >= 15 is 0 Å². The van der Waals surface area contributed by atoms with Crippen molar-refractivity contribution >= 4 is 11.9 Å². The van der Waals surface area contributed by atoms with Gasteiger partial charge in [-0.25, -0.2) is 4.79 Å². The Morgan fingerprint density at radius 1 is 1.33 bits per heavy atom. The van der Waals surface area contributed by atoms with E-state index in [-0.39, 0.29) is 19.1 Å². The van der Waals surface area contributed by atoms with Crippen molar-refractivity contribution in [2.75, 3.05) is 6.61 Å². The van der Waals surface area contributed by atoms with Gasteiger partial charge in [-0.1, -0.05) is 44.2 Å². The van der Waals surface area contributed by atoms with Gasteiger partial charge < -0.3 is 15.2 Å². The molecule has 9 nitrogen and oxygen atoms in total. The van der Waals surface area contributed by atoms with Crippen molar-refractivity contribution in [3.63, 3.8) is 0 Å². The van der Waals surface area contributed by atoms with Crippen molar-refractivity contribution in [2.45, 2.75) is 45.4 Å². The predicted molar refractivity (Wildman–Crippen MR) is 95.6 cm³/mol. The molecule has 3 rings (SSSR count). The summed E-state index contributed by atoms with van der Waals surface area (Å²) in [5, 5.41) is 24.4. The lowest BCUT2D eigenvalue weighted by atomic mass is 9.54. The molecule has 0 aliphatic heterocycles. The molecule has 0 spiro atoms. The lowest BCUT2D eigenvalue weighted by molar-refractivity contribution is -0.194. The zero-order chi connectivity index (χ0) is 19.7. The highest BCUT2D eigenvalue weighted by atomic mass is 16.5. The number of hydrogen-bond donors (Lipinski definition) is 2. The van der Waals surface area contributed by atoms with E-state index in [2.05, 4.69) is 20.7 Å². The maximum atomic E-state index is 12.5. The number of amides is 1. The van der Waals surface area contributed by atoms with Crippen LogP contribution in [0.2, 0.25) is 0 Å². The fraction of sp³-hybridized carbons (Fsp3) is 0.500. The summed E-state index contributed by atoms with van der Waals surface area (Å²) in [6.07, 6.45) is -0.0114. The Labute approximate surface area is 156 Å². The van der Waals surface area contributed by atoms with Gasteiger partial charge in [-0.3, -0.25) is 4.79 Å². The Hall–Kier alpha value is -2.81. The monoisotopic (exact) mass is 373 g/mol. The van der Waals surface area contributed by atoms with Crippen LogP contribution in [-0.2, 0) is 20.9 Å². The molecule has 2 atom stereocenters. The minimum absolute atomic E-state index is 0.217. The molecule has 1 saturated carbocycles. The molecule has 2 unspecified atom stereocenters. The molecular weight excluding hydrogens is 350 g/mol. The number of carbonyl (C=O) groups is 2. The number of aromatic nitrogens is 4. The summed E-state index contributed by atoms with van der Waals surface area (Å²) in [4.78, 5) is 25.6. The van der Waals surface area contributed by atoms with Gasteiger partial charge in [0.05, 0.1) is 6.10 Å². The molecule has 1 aliphatic rings. The molecule has 27 heavy (non-hydrogen) atoms. The average Bonchev–Trinajstić information content (AvgIpc) is 3.09. The van der Waals surface area contributed by atoms with Gasteiger partial charge in [0.2, 0.25) is 11.7 Å². The van der Waals surface area contributed by atoms with E-state index in [1.54, 1.807) is 13.8 Å². The number of carbonyl (C=O) groups excluding carboxylic acids is 1. The lowest BCUT2D eigenvalue weighted by Gasteiger charge is -2.58. The first-order valence-corrected chi connectivity index (χ1v) is 8.79. The third-order valence-electron chi connectivity index (χ3n) is 5.25. The number of aliphatic carboxylic acids is 1. The van der Waals surface area contributed by atoms with Crippen LogP contribution in [0.4, 0.5) is 0 Å². The summed E-state index contributed by atoms with van der Waals surface area (Å²) in [6, 6.07) is 9.26. The topological polar surface area (TPSA) is 119 Å². The quantitative estimate of drug-likeness (QED) is 0.746. The molecule has 0 bridgehead atoms. The number of benzene rings is 1. The van der Waals surface area contributed by atoms with Crippen molar-refractivity contribution in [1.82, 2.24) is 25.5 Å². The second-order valence-corrected chi connectivity index (χ2v) is 7.14. The van der Waals surface area contributed by atoms with Crippen LogP contribution in [-0.4, -0.2) is 55.4 Å². The van der Waals surface area contributed by atoms with Crippen LogP contribution in [0.1, 0.15) is 27.2 Å². The van der Waals surface area contributed by atoms with Crippen molar-refractivity contribution < 1.29 is 19.4 Å². The van der Waals surface area contributed by atoms with Gasteiger partial charge in [0.15, 0.2) is 0 Å². The Balaban J connectivity index is 1.70. The predicted octanol–water partition coefficient (Wildman–Crippen LogP) is 1.11. The van der Waals surface area contributed by atoms with E-state index in [1.807, 2.05) is 37.3 Å². The van der Waals surface area contributed by atoms with Crippen LogP contribution >= 0.6 is 0 Å². The summed E-state index contributed by atoms with van der Waals surface area (Å²) in [7, 11) is 0. The van der Waals surface area contributed by atoms with E-state index < -0.39 is 22.8 Å². The Bertz CT molecular complexity index is 835. The molecule has 9 heteroatoms. The number of nitrogens with zero attached hydrogens (tertiary/aromatic N) is 4. The third kappa shape index (κ3) is 3.30. The van der Waals surface area contributed by atoms with Crippen LogP contribution in [0.15, 0.2) is 30.3 Å². The van der Waals surface area contributed by atoms with Crippen LogP contribution in [0.5, 0.6) is 0 Å². The molecule has 1 heterocycles. The van der Waals surface area contributed by atoms with Gasteiger partial charge in [-0.05, 0) is 12.1 Å². The number of rotatable bonds is 7. The van der Waals surface area contributed by atoms with Crippen molar-refractivity contribution in [3.05, 3.63) is 30.3 Å². The van der Waals surface area contributed by atoms with Crippen molar-refractivity contribution in [1.29, 1.82) is 0 Å². The highest BCUT2D eigenvalue weighted by Crippen LogP contribution is 2.51. The summed E-state index contributed by atoms with van der Waals surface area (Å²) >= 11 is 0. The van der Waals surface area contributed by atoms with E-state index in [0.29, 0.717) is 12.4 Å².